The molecule has 0 aliphatic heterocycles. The molecule has 0 radical (unpaired) electrons. The number of carbonyl (C=O) groups is 3. The van der Waals surface area contributed by atoms with Gasteiger partial charge in [0.05, 0.1) is 12.5 Å². The molecule has 0 fully saturated rings. The zero-order valence-corrected chi connectivity index (χ0v) is 18.4. The lowest BCUT2D eigenvalue weighted by molar-refractivity contribution is -0.969. The lowest BCUT2D eigenvalue weighted by Crippen LogP contribution is -2.72. The van der Waals surface area contributed by atoms with E-state index in [4.69, 9.17) is 0 Å². The van der Waals surface area contributed by atoms with E-state index in [-0.39, 0.29) is 6.54 Å². The zero-order chi connectivity index (χ0) is 22.4. The van der Waals surface area contributed by atoms with Gasteiger partial charge in [0.2, 0.25) is 0 Å². The number of rotatable bonds is 17. The highest BCUT2D eigenvalue weighted by atomic mass is 16.4. The first-order valence-corrected chi connectivity index (χ1v) is 10.8. The lowest BCUT2D eigenvalue weighted by Gasteiger charge is -2.49. The molecule has 3 unspecified atom stereocenters. The number of hydrogen-bond acceptors (Lipinski definition) is 4. The van der Waals surface area contributed by atoms with Crippen molar-refractivity contribution >= 4 is 17.9 Å². The Labute approximate surface area is 175 Å². The Kier molecular flexibility index (Phi) is 13.2. The van der Waals surface area contributed by atoms with Gasteiger partial charge in [-0.3, -0.25) is 4.48 Å². The van der Waals surface area contributed by atoms with E-state index in [1.807, 2.05) is 6.92 Å². The van der Waals surface area contributed by atoms with Crippen LogP contribution in [0.5, 0.6) is 0 Å². The predicted molar refractivity (Wildman–Crippen MR) is 110 cm³/mol. The van der Waals surface area contributed by atoms with Gasteiger partial charge in [0, 0.05) is 0 Å². The van der Waals surface area contributed by atoms with Crippen LogP contribution in [0, 0.1) is 0 Å². The summed E-state index contributed by atoms with van der Waals surface area (Å²) in [5.41, 5.74) is 0. The zero-order valence-electron chi connectivity index (χ0n) is 18.4. The number of unbranched alkanes of at least 4 members (excludes halogenated alkanes) is 8. The van der Waals surface area contributed by atoms with Gasteiger partial charge in [0.1, 0.15) is 6.04 Å². The highest BCUT2D eigenvalue weighted by Gasteiger charge is 2.50. The van der Waals surface area contributed by atoms with Gasteiger partial charge in [-0.1, -0.05) is 44.3 Å². The molecular weight excluding hydrogens is 374 g/mol. The summed E-state index contributed by atoms with van der Waals surface area (Å²) in [5, 5.41) is 30.6. The van der Waals surface area contributed by atoms with Crippen LogP contribution in [-0.4, -0.2) is 57.3 Å². The first-order valence-electron chi connectivity index (χ1n) is 10.8. The van der Waals surface area contributed by atoms with E-state index in [0.29, 0.717) is 6.42 Å². The molecule has 3 atom stereocenters. The van der Waals surface area contributed by atoms with Crippen LogP contribution in [0.15, 0.2) is 12.2 Å². The number of carboxylic acids is 3. The first-order chi connectivity index (χ1) is 13.6. The fourth-order valence-electron chi connectivity index (χ4n) is 4.07. The lowest BCUT2D eigenvalue weighted by atomic mass is 10.00. The van der Waals surface area contributed by atoms with E-state index in [1.165, 1.54) is 40.0 Å². The van der Waals surface area contributed by atoms with E-state index in [0.717, 1.165) is 32.1 Å². The van der Waals surface area contributed by atoms with Crippen molar-refractivity contribution in [2.75, 3.05) is 6.54 Å². The molecule has 0 aromatic heterocycles. The first kappa shape index (κ1) is 27.1. The van der Waals surface area contributed by atoms with Gasteiger partial charge in [-0.15, -0.1) is 0 Å². The monoisotopic (exact) mass is 413 g/mol. The summed E-state index contributed by atoms with van der Waals surface area (Å²) in [4.78, 5) is 34.9. The Morgan fingerprint density at radius 2 is 1.21 bits per heavy atom. The molecule has 7 nitrogen and oxygen atoms in total. The summed E-state index contributed by atoms with van der Waals surface area (Å²) < 4.78 is -0.544. The topological polar surface area (TPSA) is 115 Å². The minimum absolute atomic E-state index is 0.180. The van der Waals surface area contributed by atoms with Gasteiger partial charge >= 0.3 is 11.9 Å². The SMILES string of the molecule is C/C=C/CCCCCCCCCC[N+](C(C)C(=O)[O-])(C(C)C(=O)O)C(C)C(=O)O. The van der Waals surface area contributed by atoms with Crippen LogP contribution < -0.4 is 5.11 Å². The molecule has 2 N–H and O–H groups in total. The molecule has 0 amide bonds. The van der Waals surface area contributed by atoms with Crippen molar-refractivity contribution in [3.63, 3.8) is 0 Å². The Balaban J connectivity index is 4.80. The third-order valence-corrected chi connectivity index (χ3v) is 6.12. The van der Waals surface area contributed by atoms with Crippen LogP contribution in [0.3, 0.4) is 0 Å². The smallest absolute Gasteiger partial charge is 0.362 e. The Bertz CT molecular complexity index is 495. The average Bonchev–Trinajstić information content (AvgIpc) is 2.67. The quantitative estimate of drug-likeness (QED) is 0.215. The third-order valence-electron chi connectivity index (χ3n) is 6.12. The minimum atomic E-state index is -1.43. The number of carboxylic acid groups (broad SMARTS) is 3. The second-order valence-electron chi connectivity index (χ2n) is 7.93. The van der Waals surface area contributed by atoms with Crippen LogP contribution >= 0.6 is 0 Å². The van der Waals surface area contributed by atoms with Gasteiger partial charge in [-0.2, -0.15) is 0 Å². The maximum absolute atomic E-state index is 11.7. The normalized spacial score (nSPS) is 16.8. The van der Waals surface area contributed by atoms with Crippen LogP contribution in [0.25, 0.3) is 0 Å². The van der Waals surface area contributed by atoms with Gasteiger partial charge in [-0.25, -0.2) is 9.59 Å². The molecule has 0 heterocycles. The van der Waals surface area contributed by atoms with Gasteiger partial charge < -0.3 is 20.1 Å². The Hall–Kier alpha value is -1.89. The van der Waals surface area contributed by atoms with Crippen molar-refractivity contribution in [3.8, 4) is 0 Å². The number of aliphatic carboxylic acids is 3. The predicted octanol–water partition coefficient (Wildman–Crippen LogP) is 2.97. The number of quaternary nitrogens is 1. The number of allylic oxidation sites excluding steroid dienone is 2. The van der Waals surface area contributed by atoms with E-state index in [2.05, 4.69) is 12.2 Å². The summed E-state index contributed by atoms with van der Waals surface area (Å²) in [6.45, 7) is 6.32. The maximum Gasteiger partial charge on any atom is 0.362 e. The average molecular weight is 414 g/mol. The third kappa shape index (κ3) is 8.56. The number of hydrogen-bond donors (Lipinski definition) is 2. The van der Waals surface area contributed by atoms with Crippen molar-refractivity contribution in [1.82, 2.24) is 0 Å². The summed E-state index contributed by atoms with van der Waals surface area (Å²) in [6, 6.07) is -3.55. The number of carbonyl (C=O) groups excluding carboxylic acids is 1. The summed E-state index contributed by atoms with van der Waals surface area (Å²) in [5.74, 6) is -3.84. The second-order valence-corrected chi connectivity index (χ2v) is 7.93. The van der Waals surface area contributed by atoms with E-state index >= 15 is 0 Å². The molecule has 0 aliphatic rings. The molecule has 168 valence electrons. The molecule has 0 bridgehead atoms. The molecule has 7 heteroatoms. The fraction of sp³-hybridized carbons (Fsp3) is 0.773. The molecule has 0 aromatic carbocycles. The Morgan fingerprint density at radius 3 is 1.59 bits per heavy atom. The van der Waals surface area contributed by atoms with Crippen molar-refractivity contribution < 1.29 is 34.2 Å². The van der Waals surface area contributed by atoms with Crippen molar-refractivity contribution in [2.24, 2.45) is 0 Å². The highest BCUT2D eigenvalue weighted by molar-refractivity contribution is 5.76. The maximum atomic E-state index is 11.7. The summed E-state index contributed by atoms with van der Waals surface area (Å²) in [6.07, 6.45) is 13.5. The molecule has 0 saturated carbocycles. The van der Waals surface area contributed by atoms with Crippen LogP contribution in [0.2, 0.25) is 0 Å². The second kappa shape index (κ2) is 14.1. The van der Waals surface area contributed by atoms with Crippen LogP contribution in [0.4, 0.5) is 0 Å². The molecule has 0 rings (SSSR count). The molecular formula is C22H39NO6. The molecule has 0 saturated heterocycles. The molecule has 0 spiro atoms. The van der Waals surface area contributed by atoms with Gasteiger partial charge in [0.15, 0.2) is 12.1 Å². The molecule has 0 aliphatic carbocycles. The van der Waals surface area contributed by atoms with E-state index in [1.54, 1.807) is 0 Å². The summed E-state index contributed by atoms with van der Waals surface area (Å²) >= 11 is 0. The highest BCUT2D eigenvalue weighted by Crippen LogP contribution is 2.27. The molecule has 0 aromatic rings. The summed E-state index contributed by atoms with van der Waals surface area (Å²) in [7, 11) is 0. The van der Waals surface area contributed by atoms with E-state index in [9.17, 15) is 29.7 Å². The van der Waals surface area contributed by atoms with Crippen molar-refractivity contribution in [1.29, 1.82) is 0 Å². The van der Waals surface area contributed by atoms with Crippen LogP contribution in [0.1, 0.15) is 85.5 Å². The van der Waals surface area contributed by atoms with E-state index < -0.39 is 40.5 Å². The Morgan fingerprint density at radius 1 is 0.793 bits per heavy atom. The standard InChI is InChI=1S/C22H39NO6/c1-5-6-7-8-9-10-11-12-13-14-15-16-23(17(2)20(24)25,18(3)21(26)27)19(4)22(28)29/h5-6,17-19H,7-16H2,1-4H3,(H2-,24,25,26,27,28,29)/b6-5+. The van der Waals surface area contributed by atoms with Gasteiger partial charge in [0.25, 0.3) is 0 Å². The number of nitrogens with zero attached hydrogens (tertiary/aromatic N) is 1. The minimum Gasteiger partial charge on any atom is -0.544 e. The van der Waals surface area contributed by atoms with Crippen LogP contribution in [-0.2, 0) is 14.4 Å². The fourth-order valence-corrected chi connectivity index (χ4v) is 4.07. The molecule has 29 heavy (non-hydrogen) atoms. The van der Waals surface area contributed by atoms with Gasteiger partial charge in [-0.05, 0) is 53.4 Å². The van der Waals surface area contributed by atoms with Crippen molar-refractivity contribution in [3.05, 3.63) is 12.2 Å². The largest absolute Gasteiger partial charge is 0.544 e. The van der Waals surface area contributed by atoms with Crippen molar-refractivity contribution in [2.45, 2.75) is 104 Å².